The molecule has 3 nitrogen and oxygen atoms in total. The van der Waals surface area contributed by atoms with Crippen molar-refractivity contribution in [2.75, 3.05) is 0 Å². The van der Waals surface area contributed by atoms with Crippen LogP contribution in [0.4, 0.5) is 4.39 Å². The van der Waals surface area contributed by atoms with Crippen molar-refractivity contribution in [1.29, 1.82) is 0 Å². The molecule has 0 fully saturated rings. The van der Waals surface area contributed by atoms with Crippen molar-refractivity contribution in [1.82, 2.24) is 10.3 Å². The SMILES string of the molecule is O=C(NCc1ccccc1F)c1cc(Cl)nc2ccccc12. The Morgan fingerprint density at radius 3 is 2.68 bits per heavy atom. The van der Waals surface area contributed by atoms with E-state index in [0.717, 1.165) is 0 Å². The lowest BCUT2D eigenvalue weighted by Crippen LogP contribution is -2.23. The van der Waals surface area contributed by atoms with Gasteiger partial charge in [0.05, 0.1) is 11.1 Å². The number of amides is 1. The highest BCUT2D eigenvalue weighted by Gasteiger charge is 2.12. The van der Waals surface area contributed by atoms with Gasteiger partial charge in [-0.25, -0.2) is 9.37 Å². The number of nitrogens with one attached hydrogen (secondary N) is 1. The number of hydrogen-bond donors (Lipinski definition) is 1. The number of para-hydroxylation sites is 1. The topological polar surface area (TPSA) is 42.0 Å². The monoisotopic (exact) mass is 314 g/mol. The summed E-state index contributed by atoms with van der Waals surface area (Å²) in [5.74, 6) is -0.663. The molecule has 1 aromatic heterocycles. The summed E-state index contributed by atoms with van der Waals surface area (Å²) in [5, 5.41) is 3.66. The van der Waals surface area contributed by atoms with Crippen LogP contribution < -0.4 is 5.32 Å². The predicted molar refractivity (Wildman–Crippen MR) is 84.3 cm³/mol. The van der Waals surface area contributed by atoms with E-state index < -0.39 is 0 Å². The molecule has 22 heavy (non-hydrogen) atoms. The number of carbonyl (C=O) groups is 1. The van der Waals surface area contributed by atoms with Crippen LogP contribution in [0.1, 0.15) is 15.9 Å². The van der Waals surface area contributed by atoms with Gasteiger partial charge in [-0.3, -0.25) is 4.79 Å². The Morgan fingerprint density at radius 2 is 1.86 bits per heavy atom. The maximum atomic E-state index is 13.6. The fraction of sp³-hybridized carbons (Fsp3) is 0.0588. The lowest BCUT2D eigenvalue weighted by molar-refractivity contribution is 0.0952. The Labute approximate surface area is 131 Å². The van der Waals surface area contributed by atoms with Gasteiger partial charge in [0.25, 0.3) is 5.91 Å². The Bertz CT molecular complexity index is 851. The molecule has 0 atom stereocenters. The quantitative estimate of drug-likeness (QED) is 0.744. The molecule has 0 aliphatic heterocycles. The van der Waals surface area contributed by atoms with Gasteiger partial charge in [-0.2, -0.15) is 0 Å². The molecule has 1 N–H and O–H groups in total. The van der Waals surface area contributed by atoms with Crippen LogP contribution in [-0.4, -0.2) is 10.9 Å². The van der Waals surface area contributed by atoms with Crippen molar-refractivity contribution in [3.63, 3.8) is 0 Å². The van der Waals surface area contributed by atoms with Crippen LogP contribution in [0, 0.1) is 5.82 Å². The van der Waals surface area contributed by atoms with E-state index >= 15 is 0 Å². The van der Waals surface area contributed by atoms with E-state index in [1.54, 1.807) is 30.3 Å². The third-order valence-corrected chi connectivity index (χ3v) is 3.52. The van der Waals surface area contributed by atoms with Gasteiger partial charge in [-0.1, -0.05) is 48.0 Å². The van der Waals surface area contributed by atoms with Gasteiger partial charge in [0, 0.05) is 17.5 Å². The van der Waals surface area contributed by atoms with E-state index in [4.69, 9.17) is 11.6 Å². The van der Waals surface area contributed by atoms with Crippen LogP contribution in [0.3, 0.4) is 0 Å². The average molecular weight is 315 g/mol. The van der Waals surface area contributed by atoms with Gasteiger partial charge in [0.1, 0.15) is 11.0 Å². The Balaban J connectivity index is 1.88. The fourth-order valence-corrected chi connectivity index (χ4v) is 2.44. The average Bonchev–Trinajstić information content (AvgIpc) is 2.53. The Kier molecular flexibility index (Phi) is 4.02. The van der Waals surface area contributed by atoms with Gasteiger partial charge in [0.15, 0.2) is 0 Å². The summed E-state index contributed by atoms with van der Waals surface area (Å²) in [6.07, 6.45) is 0. The second kappa shape index (κ2) is 6.12. The highest BCUT2D eigenvalue weighted by molar-refractivity contribution is 6.30. The summed E-state index contributed by atoms with van der Waals surface area (Å²) in [4.78, 5) is 16.6. The Morgan fingerprint density at radius 1 is 1.14 bits per heavy atom. The number of aromatic nitrogens is 1. The minimum absolute atomic E-state index is 0.111. The highest BCUT2D eigenvalue weighted by atomic mass is 35.5. The molecule has 5 heteroatoms. The first-order chi connectivity index (χ1) is 10.6. The number of halogens is 2. The lowest BCUT2D eigenvalue weighted by atomic mass is 10.1. The Hall–Kier alpha value is -2.46. The molecule has 0 bridgehead atoms. The summed E-state index contributed by atoms with van der Waals surface area (Å²) in [5.41, 5.74) is 1.50. The van der Waals surface area contributed by atoms with Gasteiger partial charge < -0.3 is 5.32 Å². The van der Waals surface area contributed by atoms with Gasteiger partial charge >= 0.3 is 0 Å². The summed E-state index contributed by atoms with van der Waals surface area (Å²) in [7, 11) is 0. The largest absolute Gasteiger partial charge is 0.348 e. The van der Waals surface area contributed by atoms with Crippen molar-refractivity contribution >= 4 is 28.4 Å². The zero-order valence-electron chi connectivity index (χ0n) is 11.5. The number of rotatable bonds is 3. The molecule has 0 aliphatic carbocycles. The predicted octanol–water partition coefficient (Wildman–Crippen LogP) is 3.96. The minimum atomic E-state index is -0.347. The smallest absolute Gasteiger partial charge is 0.252 e. The molecular weight excluding hydrogens is 303 g/mol. The van der Waals surface area contributed by atoms with Crippen LogP contribution in [-0.2, 0) is 6.54 Å². The van der Waals surface area contributed by atoms with Crippen LogP contribution in [0.25, 0.3) is 10.9 Å². The molecule has 1 heterocycles. The van der Waals surface area contributed by atoms with E-state index in [1.807, 2.05) is 12.1 Å². The van der Waals surface area contributed by atoms with Crippen LogP contribution in [0.15, 0.2) is 54.6 Å². The normalized spacial score (nSPS) is 10.6. The first kappa shape index (κ1) is 14.5. The summed E-state index contributed by atoms with van der Waals surface area (Å²) < 4.78 is 13.6. The van der Waals surface area contributed by atoms with Crippen molar-refractivity contribution < 1.29 is 9.18 Å². The lowest BCUT2D eigenvalue weighted by Gasteiger charge is -2.09. The van der Waals surface area contributed by atoms with E-state index in [2.05, 4.69) is 10.3 Å². The second-order valence-electron chi connectivity index (χ2n) is 4.78. The maximum Gasteiger partial charge on any atom is 0.252 e. The number of fused-ring (bicyclic) bond motifs is 1. The van der Waals surface area contributed by atoms with Crippen molar-refractivity contribution in [3.05, 3.63) is 76.7 Å². The summed E-state index contributed by atoms with van der Waals surface area (Å²) >= 11 is 5.96. The summed E-state index contributed by atoms with van der Waals surface area (Å²) in [6.45, 7) is 0.111. The van der Waals surface area contributed by atoms with Gasteiger partial charge in [-0.15, -0.1) is 0 Å². The zero-order valence-corrected chi connectivity index (χ0v) is 12.3. The molecule has 0 unspecified atom stereocenters. The molecule has 0 saturated heterocycles. The highest BCUT2D eigenvalue weighted by Crippen LogP contribution is 2.20. The van der Waals surface area contributed by atoms with Crippen LogP contribution in [0.5, 0.6) is 0 Å². The number of pyridine rings is 1. The first-order valence-corrected chi connectivity index (χ1v) is 7.10. The molecular formula is C17H12ClFN2O. The van der Waals surface area contributed by atoms with Crippen LogP contribution >= 0.6 is 11.6 Å². The van der Waals surface area contributed by atoms with Gasteiger partial charge in [0.2, 0.25) is 0 Å². The third kappa shape index (κ3) is 2.92. The number of benzene rings is 2. The molecule has 2 aromatic carbocycles. The second-order valence-corrected chi connectivity index (χ2v) is 5.17. The maximum absolute atomic E-state index is 13.6. The van der Waals surface area contributed by atoms with Crippen molar-refractivity contribution in [2.45, 2.75) is 6.54 Å². The molecule has 3 aromatic rings. The van der Waals surface area contributed by atoms with E-state index in [9.17, 15) is 9.18 Å². The summed E-state index contributed by atoms with van der Waals surface area (Å²) in [6, 6.07) is 15.1. The number of nitrogens with zero attached hydrogens (tertiary/aromatic N) is 1. The number of carbonyl (C=O) groups excluding carboxylic acids is 1. The van der Waals surface area contributed by atoms with E-state index in [-0.39, 0.29) is 23.4 Å². The molecule has 0 saturated carbocycles. The minimum Gasteiger partial charge on any atom is -0.348 e. The van der Waals surface area contributed by atoms with Crippen molar-refractivity contribution in [2.24, 2.45) is 0 Å². The van der Waals surface area contributed by atoms with Crippen LogP contribution in [0.2, 0.25) is 5.15 Å². The first-order valence-electron chi connectivity index (χ1n) is 6.72. The third-order valence-electron chi connectivity index (χ3n) is 3.33. The molecule has 3 rings (SSSR count). The molecule has 0 aliphatic rings. The zero-order chi connectivity index (χ0) is 15.5. The fourth-order valence-electron chi connectivity index (χ4n) is 2.24. The molecule has 0 radical (unpaired) electrons. The van der Waals surface area contributed by atoms with Gasteiger partial charge in [-0.05, 0) is 18.2 Å². The van der Waals surface area contributed by atoms with E-state index in [1.165, 1.54) is 12.1 Å². The molecule has 1 amide bonds. The van der Waals surface area contributed by atoms with Crippen molar-refractivity contribution in [3.8, 4) is 0 Å². The number of hydrogen-bond acceptors (Lipinski definition) is 2. The standard InChI is InChI=1S/C17H12ClFN2O/c18-16-9-13(12-6-2-4-8-15(12)21-16)17(22)20-10-11-5-1-3-7-14(11)19/h1-9H,10H2,(H,20,22). The molecule has 110 valence electrons. The van der Waals surface area contributed by atoms with E-state index in [0.29, 0.717) is 22.0 Å². The molecule has 0 spiro atoms.